The number of halogens is 1. The van der Waals surface area contributed by atoms with Crippen molar-refractivity contribution in [3.8, 4) is 0 Å². The quantitative estimate of drug-likeness (QED) is 0.764. The van der Waals surface area contributed by atoms with Gasteiger partial charge in [0.05, 0.1) is 12.8 Å². The summed E-state index contributed by atoms with van der Waals surface area (Å²) >= 11 is 3.35. The van der Waals surface area contributed by atoms with Gasteiger partial charge in [0.2, 0.25) is 0 Å². The standard InChI is InChI=1S/C15H17BrN2O2/c16-13-5-1-4-12(10-13)15(19)18-8-3-7-17-11-14-6-2-9-20-14/h1-2,4-6,9-10,17H,3,7-8,11H2,(H,18,19). The van der Waals surface area contributed by atoms with E-state index in [0.717, 1.165) is 23.2 Å². The van der Waals surface area contributed by atoms with Crippen LogP contribution in [0.2, 0.25) is 0 Å². The van der Waals surface area contributed by atoms with E-state index in [4.69, 9.17) is 4.42 Å². The molecular formula is C15H17BrN2O2. The first kappa shape index (κ1) is 14.8. The Morgan fingerprint density at radius 2 is 2.10 bits per heavy atom. The molecule has 2 rings (SSSR count). The normalized spacial score (nSPS) is 10.4. The largest absolute Gasteiger partial charge is 0.468 e. The summed E-state index contributed by atoms with van der Waals surface area (Å²) in [7, 11) is 0. The molecule has 0 aliphatic carbocycles. The molecule has 20 heavy (non-hydrogen) atoms. The molecule has 0 bridgehead atoms. The minimum absolute atomic E-state index is 0.0441. The highest BCUT2D eigenvalue weighted by molar-refractivity contribution is 9.10. The number of amides is 1. The van der Waals surface area contributed by atoms with Crippen LogP contribution in [0.15, 0.2) is 51.6 Å². The topological polar surface area (TPSA) is 54.3 Å². The van der Waals surface area contributed by atoms with Gasteiger partial charge in [-0.05, 0) is 43.3 Å². The number of furan rings is 1. The fraction of sp³-hybridized carbons (Fsp3) is 0.267. The first-order valence-electron chi connectivity index (χ1n) is 6.52. The van der Waals surface area contributed by atoms with Crippen molar-refractivity contribution in [2.45, 2.75) is 13.0 Å². The zero-order valence-electron chi connectivity index (χ0n) is 11.1. The maximum atomic E-state index is 11.8. The third kappa shape index (κ3) is 4.83. The van der Waals surface area contributed by atoms with E-state index in [2.05, 4.69) is 26.6 Å². The predicted molar refractivity (Wildman–Crippen MR) is 81.5 cm³/mol. The van der Waals surface area contributed by atoms with Gasteiger partial charge in [0.25, 0.3) is 5.91 Å². The van der Waals surface area contributed by atoms with Crippen LogP contribution in [0.4, 0.5) is 0 Å². The summed E-state index contributed by atoms with van der Waals surface area (Å²) in [5.41, 5.74) is 0.669. The molecule has 1 aromatic carbocycles. The Kier molecular flexibility index (Phi) is 5.83. The molecule has 0 fully saturated rings. The van der Waals surface area contributed by atoms with E-state index in [-0.39, 0.29) is 5.91 Å². The number of carbonyl (C=O) groups is 1. The summed E-state index contributed by atoms with van der Waals surface area (Å²) in [4.78, 5) is 11.8. The lowest BCUT2D eigenvalue weighted by Crippen LogP contribution is -2.27. The van der Waals surface area contributed by atoms with Crippen LogP contribution in [0, 0.1) is 0 Å². The minimum Gasteiger partial charge on any atom is -0.468 e. The molecule has 1 heterocycles. The van der Waals surface area contributed by atoms with Crippen molar-refractivity contribution in [3.05, 3.63) is 58.5 Å². The van der Waals surface area contributed by atoms with E-state index >= 15 is 0 Å². The van der Waals surface area contributed by atoms with Crippen LogP contribution in [0.25, 0.3) is 0 Å². The second-order valence-corrected chi connectivity index (χ2v) is 5.29. The highest BCUT2D eigenvalue weighted by Crippen LogP contribution is 2.11. The summed E-state index contributed by atoms with van der Waals surface area (Å²) in [5, 5.41) is 6.15. The Morgan fingerprint density at radius 3 is 2.85 bits per heavy atom. The summed E-state index contributed by atoms with van der Waals surface area (Å²) in [6.45, 7) is 2.20. The van der Waals surface area contributed by atoms with E-state index < -0.39 is 0 Å². The van der Waals surface area contributed by atoms with E-state index in [1.807, 2.05) is 30.3 Å². The molecule has 106 valence electrons. The number of hydrogen-bond donors (Lipinski definition) is 2. The van der Waals surface area contributed by atoms with Gasteiger partial charge in [-0.3, -0.25) is 4.79 Å². The average molecular weight is 337 g/mol. The lowest BCUT2D eigenvalue weighted by molar-refractivity contribution is 0.0953. The van der Waals surface area contributed by atoms with Crippen LogP contribution < -0.4 is 10.6 Å². The lowest BCUT2D eigenvalue weighted by Gasteiger charge is -2.06. The molecule has 1 amide bonds. The van der Waals surface area contributed by atoms with Crippen molar-refractivity contribution in [2.75, 3.05) is 13.1 Å². The second kappa shape index (κ2) is 7.87. The zero-order valence-corrected chi connectivity index (χ0v) is 12.7. The van der Waals surface area contributed by atoms with Gasteiger partial charge in [-0.2, -0.15) is 0 Å². The number of hydrogen-bond acceptors (Lipinski definition) is 3. The molecule has 4 nitrogen and oxygen atoms in total. The molecule has 0 unspecified atom stereocenters. The van der Waals surface area contributed by atoms with Crippen molar-refractivity contribution in [1.82, 2.24) is 10.6 Å². The average Bonchev–Trinajstić information content (AvgIpc) is 2.95. The smallest absolute Gasteiger partial charge is 0.251 e. The molecule has 0 aliphatic rings. The molecule has 0 radical (unpaired) electrons. The molecule has 0 spiro atoms. The predicted octanol–water partition coefficient (Wildman–Crippen LogP) is 2.95. The maximum Gasteiger partial charge on any atom is 0.251 e. The van der Waals surface area contributed by atoms with E-state index in [9.17, 15) is 4.79 Å². The maximum absolute atomic E-state index is 11.8. The molecule has 0 saturated heterocycles. The van der Waals surface area contributed by atoms with E-state index in [1.165, 1.54) is 0 Å². The van der Waals surface area contributed by atoms with Gasteiger partial charge in [-0.1, -0.05) is 22.0 Å². The fourth-order valence-corrected chi connectivity index (χ4v) is 2.17. The fourth-order valence-electron chi connectivity index (χ4n) is 1.77. The van der Waals surface area contributed by atoms with E-state index in [1.54, 1.807) is 12.3 Å². The van der Waals surface area contributed by atoms with Gasteiger partial charge in [0.15, 0.2) is 0 Å². The Labute approximate surface area is 126 Å². The van der Waals surface area contributed by atoms with Crippen LogP contribution in [0.1, 0.15) is 22.5 Å². The van der Waals surface area contributed by atoms with E-state index in [0.29, 0.717) is 18.7 Å². The van der Waals surface area contributed by atoms with Crippen molar-refractivity contribution >= 4 is 21.8 Å². The molecule has 0 atom stereocenters. The third-order valence-electron chi connectivity index (χ3n) is 2.78. The van der Waals surface area contributed by atoms with Crippen molar-refractivity contribution in [2.24, 2.45) is 0 Å². The Balaban J connectivity index is 1.60. The first-order chi connectivity index (χ1) is 9.75. The zero-order chi connectivity index (χ0) is 14.2. The van der Waals surface area contributed by atoms with Gasteiger partial charge < -0.3 is 15.1 Å². The summed E-state index contributed by atoms with van der Waals surface area (Å²) < 4.78 is 6.12. The molecule has 0 saturated carbocycles. The third-order valence-corrected chi connectivity index (χ3v) is 3.28. The number of nitrogens with one attached hydrogen (secondary N) is 2. The summed E-state index contributed by atoms with van der Waals surface area (Å²) in [5.74, 6) is 0.875. The number of carbonyl (C=O) groups excluding carboxylic acids is 1. The SMILES string of the molecule is O=C(NCCCNCc1ccco1)c1cccc(Br)c1. The highest BCUT2D eigenvalue weighted by atomic mass is 79.9. The first-order valence-corrected chi connectivity index (χ1v) is 7.32. The number of benzene rings is 1. The Morgan fingerprint density at radius 1 is 1.20 bits per heavy atom. The second-order valence-electron chi connectivity index (χ2n) is 4.38. The Hall–Kier alpha value is -1.59. The van der Waals surface area contributed by atoms with Crippen LogP contribution in [0.3, 0.4) is 0 Å². The molecule has 2 N–H and O–H groups in total. The molecule has 1 aromatic heterocycles. The van der Waals surface area contributed by atoms with Crippen molar-refractivity contribution < 1.29 is 9.21 Å². The highest BCUT2D eigenvalue weighted by Gasteiger charge is 2.04. The van der Waals surface area contributed by atoms with Gasteiger partial charge >= 0.3 is 0 Å². The molecular weight excluding hydrogens is 320 g/mol. The lowest BCUT2D eigenvalue weighted by atomic mass is 10.2. The van der Waals surface area contributed by atoms with Gasteiger partial charge in [-0.15, -0.1) is 0 Å². The number of rotatable bonds is 7. The molecule has 2 aromatic rings. The van der Waals surface area contributed by atoms with Crippen molar-refractivity contribution in [1.29, 1.82) is 0 Å². The Bertz CT molecular complexity index is 541. The van der Waals surface area contributed by atoms with Gasteiger partial charge in [0, 0.05) is 16.6 Å². The summed E-state index contributed by atoms with van der Waals surface area (Å²) in [6, 6.07) is 11.2. The van der Waals surface area contributed by atoms with Gasteiger partial charge in [-0.25, -0.2) is 0 Å². The summed E-state index contributed by atoms with van der Waals surface area (Å²) in [6.07, 6.45) is 2.54. The van der Waals surface area contributed by atoms with Crippen LogP contribution in [0.5, 0.6) is 0 Å². The minimum atomic E-state index is -0.0441. The van der Waals surface area contributed by atoms with Crippen LogP contribution >= 0.6 is 15.9 Å². The monoisotopic (exact) mass is 336 g/mol. The van der Waals surface area contributed by atoms with Crippen LogP contribution in [-0.2, 0) is 6.54 Å². The molecule has 0 aliphatic heterocycles. The van der Waals surface area contributed by atoms with Crippen LogP contribution in [-0.4, -0.2) is 19.0 Å². The van der Waals surface area contributed by atoms with Gasteiger partial charge in [0.1, 0.15) is 5.76 Å². The molecule has 5 heteroatoms. The van der Waals surface area contributed by atoms with Crippen molar-refractivity contribution in [3.63, 3.8) is 0 Å².